The Morgan fingerprint density at radius 1 is 1.20 bits per heavy atom. The van der Waals surface area contributed by atoms with Crippen molar-refractivity contribution in [2.75, 3.05) is 33.3 Å². The van der Waals surface area contributed by atoms with Crippen LogP contribution in [0.5, 0.6) is 0 Å². The van der Waals surface area contributed by atoms with Crippen LogP contribution in [-0.4, -0.2) is 56.0 Å². The van der Waals surface area contributed by atoms with Crippen LogP contribution in [0.25, 0.3) is 0 Å². The second-order valence-electron chi connectivity index (χ2n) is 6.06. The molecule has 1 aliphatic carbocycles. The molecule has 0 aromatic carbocycles. The minimum Gasteiger partial charge on any atom is -0.363 e. The number of rotatable bonds is 5. The van der Waals surface area contributed by atoms with Crippen molar-refractivity contribution in [1.29, 1.82) is 0 Å². The van der Waals surface area contributed by atoms with Crippen LogP contribution >= 0.6 is 0 Å². The topological polar surface area (TPSA) is 24.5 Å². The lowest BCUT2D eigenvalue weighted by molar-refractivity contribution is -0.322. The average Bonchev–Trinajstić information content (AvgIpc) is 2.33. The predicted molar refractivity (Wildman–Crippen MR) is 71.7 cm³/mol. The molecular weight excluding hydrogens is 269 g/mol. The van der Waals surface area contributed by atoms with Crippen LogP contribution in [0.4, 0.5) is 13.2 Å². The van der Waals surface area contributed by atoms with Crippen molar-refractivity contribution < 1.29 is 17.9 Å². The first-order valence-electron chi connectivity index (χ1n) is 7.51. The van der Waals surface area contributed by atoms with Gasteiger partial charge in [0.05, 0.1) is 0 Å². The van der Waals surface area contributed by atoms with E-state index in [0.717, 1.165) is 32.2 Å². The molecule has 1 saturated heterocycles. The van der Waals surface area contributed by atoms with E-state index in [-0.39, 0.29) is 19.7 Å². The summed E-state index contributed by atoms with van der Waals surface area (Å²) in [5, 5.41) is 3.18. The zero-order chi connectivity index (χ0) is 14.8. The normalized spacial score (nSPS) is 31.1. The molecule has 118 valence electrons. The summed E-state index contributed by atoms with van der Waals surface area (Å²) in [7, 11) is 1.95. The Morgan fingerprint density at radius 2 is 1.80 bits per heavy atom. The maximum atomic E-state index is 13.1. The van der Waals surface area contributed by atoms with Gasteiger partial charge < -0.3 is 10.1 Å². The molecule has 20 heavy (non-hydrogen) atoms. The van der Waals surface area contributed by atoms with E-state index in [9.17, 15) is 13.2 Å². The molecule has 0 aromatic rings. The molecule has 1 N–H and O–H groups in total. The molecule has 3 nitrogen and oxygen atoms in total. The van der Waals surface area contributed by atoms with E-state index in [1.54, 1.807) is 6.92 Å². The molecule has 0 amide bonds. The third kappa shape index (κ3) is 3.12. The first-order valence-corrected chi connectivity index (χ1v) is 7.51. The lowest BCUT2D eigenvalue weighted by Crippen LogP contribution is -2.72. The first-order chi connectivity index (χ1) is 9.42. The van der Waals surface area contributed by atoms with Crippen LogP contribution in [-0.2, 0) is 4.74 Å². The summed E-state index contributed by atoms with van der Waals surface area (Å²) in [4.78, 5) is 1.96. The summed E-state index contributed by atoms with van der Waals surface area (Å²) in [5.74, 6) is 0.678. The average molecular weight is 294 g/mol. The fourth-order valence-corrected chi connectivity index (χ4v) is 3.50. The summed E-state index contributed by atoms with van der Waals surface area (Å²) in [6, 6.07) is 0.305. The predicted octanol–water partition coefficient (Wildman–Crippen LogP) is 2.42. The van der Waals surface area contributed by atoms with Gasteiger partial charge >= 0.3 is 6.18 Å². The van der Waals surface area contributed by atoms with Crippen LogP contribution in [0.3, 0.4) is 0 Å². The van der Waals surface area contributed by atoms with Crippen molar-refractivity contribution in [1.82, 2.24) is 10.2 Å². The summed E-state index contributed by atoms with van der Waals surface area (Å²) >= 11 is 0. The van der Waals surface area contributed by atoms with Crippen LogP contribution in [0.1, 0.15) is 32.6 Å². The number of alkyl halides is 3. The molecule has 0 unspecified atom stereocenters. The van der Waals surface area contributed by atoms with Gasteiger partial charge in [-0.05, 0) is 52.1 Å². The Morgan fingerprint density at radius 3 is 2.25 bits per heavy atom. The molecular formula is C14H25F3N2O. The van der Waals surface area contributed by atoms with E-state index in [2.05, 4.69) is 5.32 Å². The highest BCUT2D eigenvalue weighted by Gasteiger charge is 2.63. The fraction of sp³-hybridized carbons (Fsp3) is 1.00. The van der Waals surface area contributed by atoms with Crippen molar-refractivity contribution in [2.24, 2.45) is 5.92 Å². The molecule has 2 aliphatic rings. The van der Waals surface area contributed by atoms with Crippen LogP contribution in [0.15, 0.2) is 0 Å². The highest BCUT2D eigenvalue weighted by atomic mass is 19.4. The molecule has 1 heterocycles. The van der Waals surface area contributed by atoms with Gasteiger partial charge in [-0.1, -0.05) is 0 Å². The zero-order valence-corrected chi connectivity index (χ0v) is 12.3. The van der Waals surface area contributed by atoms with Crippen molar-refractivity contribution in [2.45, 2.75) is 50.4 Å². The second kappa shape index (κ2) is 6.20. The molecule has 0 atom stereocenters. The number of hydrogen-bond acceptors (Lipinski definition) is 3. The van der Waals surface area contributed by atoms with Gasteiger partial charge in [0.1, 0.15) is 0 Å². The minimum absolute atomic E-state index is 0.00566. The first kappa shape index (κ1) is 16.0. The molecule has 0 spiro atoms. The number of hydrogen-bond donors (Lipinski definition) is 1. The second-order valence-corrected chi connectivity index (χ2v) is 6.06. The van der Waals surface area contributed by atoms with Gasteiger partial charge in [-0.3, -0.25) is 4.90 Å². The fourth-order valence-electron chi connectivity index (χ4n) is 3.50. The Bertz CT molecular complexity index is 308. The van der Waals surface area contributed by atoms with Gasteiger partial charge in [-0.2, -0.15) is 13.2 Å². The molecule has 2 fully saturated rings. The maximum Gasteiger partial charge on any atom is 0.419 e. The number of halogens is 3. The Kier molecular flexibility index (Phi) is 4.97. The van der Waals surface area contributed by atoms with Gasteiger partial charge in [0, 0.05) is 25.7 Å². The van der Waals surface area contributed by atoms with Crippen LogP contribution in [0.2, 0.25) is 0 Å². The molecule has 0 bridgehead atoms. The Labute approximate surface area is 118 Å². The van der Waals surface area contributed by atoms with Gasteiger partial charge in [-0.15, -0.1) is 0 Å². The third-order valence-corrected chi connectivity index (χ3v) is 4.68. The highest BCUT2D eigenvalue weighted by molar-refractivity contribution is 5.05. The lowest BCUT2D eigenvalue weighted by atomic mass is 9.81. The third-order valence-electron chi connectivity index (χ3n) is 4.68. The quantitative estimate of drug-likeness (QED) is 0.843. The summed E-state index contributed by atoms with van der Waals surface area (Å²) in [6.45, 7) is 2.76. The monoisotopic (exact) mass is 294 g/mol. The van der Waals surface area contributed by atoms with E-state index >= 15 is 0 Å². The molecule has 0 aromatic heterocycles. The van der Waals surface area contributed by atoms with Gasteiger partial charge in [0.25, 0.3) is 0 Å². The van der Waals surface area contributed by atoms with Crippen LogP contribution in [0, 0.1) is 5.92 Å². The van der Waals surface area contributed by atoms with Gasteiger partial charge in [0.2, 0.25) is 0 Å². The van der Waals surface area contributed by atoms with Crippen molar-refractivity contribution in [3.05, 3.63) is 0 Å². The van der Waals surface area contributed by atoms with Crippen molar-refractivity contribution in [3.8, 4) is 0 Å². The molecule has 2 rings (SSSR count). The van der Waals surface area contributed by atoms with E-state index in [4.69, 9.17) is 4.74 Å². The number of nitrogens with zero attached hydrogens (tertiary/aromatic N) is 1. The van der Waals surface area contributed by atoms with Crippen LogP contribution < -0.4 is 5.32 Å². The SMILES string of the molecule is CCOC1(C(F)(F)F)CN([C@H]2CC[C@H](CNC)CC2)C1. The highest BCUT2D eigenvalue weighted by Crippen LogP contribution is 2.43. The van der Waals surface area contributed by atoms with Gasteiger partial charge in [0.15, 0.2) is 5.60 Å². The zero-order valence-electron chi connectivity index (χ0n) is 12.3. The largest absolute Gasteiger partial charge is 0.419 e. The molecule has 6 heteroatoms. The van der Waals surface area contributed by atoms with E-state index in [0.29, 0.717) is 12.0 Å². The smallest absolute Gasteiger partial charge is 0.363 e. The number of ether oxygens (including phenoxy) is 1. The van der Waals surface area contributed by atoms with Crippen molar-refractivity contribution >= 4 is 0 Å². The Balaban J connectivity index is 1.83. The number of nitrogens with one attached hydrogen (secondary N) is 1. The summed E-state index contributed by atoms with van der Waals surface area (Å²) in [5.41, 5.74) is -1.91. The molecule has 0 radical (unpaired) electrons. The molecule has 1 saturated carbocycles. The van der Waals surface area contributed by atoms with E-state index < -0.39 is 11.8 Å². The van der Waals surface area contributed by atoms with Crippen molar-refractivity contribution in [3.63, 3.8) is 0 Å². The minimum atomic E-state index is -4.26. The Hall–Kier alpha value is -0.330. The lowest BCUT2D eigenvalue weighted by Gasteiger charge is -2.54. The standard InChI is InChI=1S/C14H25F3N2O/c1-3-20-13(14(15,16)17)9-19(10-13)12-6-4-11(5-7-12)8-18-2/h11-12,18H,3-10H2,1-2H3/t11-,12-. The summed E-state index contributed by atoms with van der Waals surface area (Å²) < 4.78 is 44.3. The van der Waals surface area contributed by atoms with E-state index in [1.165, 1.54) is 0 Å². The maximum absolute atomic E-state index is 13.1. The van der Waals surface area contributed by atoms with Gasteiger partial charge in [-0.25, -0.2) is 0 Å². The van der Waals surface area contributed by atoms with E-state index in [1.807, 2.05) is 11.9 Å². The number of likely N-dealkylation sites (tertiary alicyclic amines) is 1. The molecule has 1 aliphatic heterocycles. The summed E-state index contributed by atoms with van der Waals surface area (Å²) in [6.07, 6.45) is -0.0347.